The highest BCUT2D eigenvalue weighted by Gasteiger charge is 2.36. The van der Waals surface area contributed by atoms with E-state index in [2.05, 4.69) is 4.90 Å². The molecule has 1 saturated heterocycles. The summed E-state index contributed by atoms with van der Waals surface area (Å²) in [5.41, 5.74) is -0.397. The zero-order chi connectivity index (χ0) is 21.6. The van der Waals surface area contributed by atoms with Crippen LogP contribution in [0.4, 0.5) is 0 Å². The number of carbonyl (C=O) groups is 2. The Kier molecular flexibility index (Phi) is 8.76. The molecule has 2 rings (SSSR count). The van der Waals surface area contributed by atoms with Gasteiger partial charge in [0.15, 0.2) is 0 Å². The lowest BCUT2D eigenvalue weighted by Crippen LogP contribution is -2.48. The fourth-order valence-electron chi connectivity index (χ4n) is 3.84. The van der Waals surface area contributed by atoms with Crippen LogP contribution in [0, 0.1) is 0 Å². The molecule has 1 amide bonds. The van der Waals surface area contributed by atoms with Gasteiger partial charge in [-0.15, -0.1) is 0 Å². The van der Waals surface area contributed by atoms with E-state index in [0.29, 0.717) is 41.7 Å². The largest absolute Gasteiger partial charge is 0.481 e. The highest BCUT2D eigenvalue weighted by Crippen LogP contribution is 2.33. The van der Waals surface area contributed by atoms with Crippen molar-refractivity contribution in [3.05, 3.63) is 33.8 Å². The van der Waals surface area contributed by atoms with Crippen LogP contribution in [-0.4, -0.2) is 72.7 Å². The van der Waals surface area contributed by atoms with Crippen LogP contribution in [-0.2, 0) is 19.7 Å². The van der Waals surface area contributed by atoms with Crippen LogP contribution >= 0.6 is 23.2 Å². The number of amides is 1. The van der Waals surface area contributed by atoms with Gasteiger partial charge in [0.1, 0.15) is 0 Å². The summed E-state index contributed by atoms with van der Waals surface area (Å²) in [6.07, 6.45) is 2.21. The Labute approximate surface area is 182 Å². The van der Waals surface area contributed by atoms with Gasteiger partial charge in [-0.1, -0.05) is 29.3 Å². The molecule has 0 aliphatic carbocycles. The molecule has 0 aromatic heterocycles. The number of carboxylic acid groups (broad SMARTS) is 1. The summed E-state index contributed by atoms with van der Waals surface area (Å²) < 4.78 is 5.11. The van der Waals surface area contributed by atoms with Gasteiger partial charge in [0.25, 0.3) is 0 Å². The first-order valence-corrected chi connectivity index (χ1v) is 10.6. The fraction of sp³-hybridized carbons (Fsp3) is 0.619. The number of likely N-dealkylation sites (tertiary alicyclic amines) is 1. The number of rotatable bonds is 9. The van der Waals surface area contributed by atoms with Crippen LogP contribution < -0.4 is 0 Å². The Morgan fingerprint density at radius 1 is 1.28 bits per heavy atom. The first-order valence-electron chi connectivity index (χ1n) is 9.86. The van der Waals surface area contributed by atoms with Crippen molar-refractivity contribution in [1.29, 1.82) is 0 Å². The standard InChI is InChI=1S/C21H30Cl2N2O4/c1-15(26)25(12-13-29-3)17-6-9-24(10-7-17)11-8-21(2,20(27)28)16-4-5-18(22)19(23)14-16/h4-5,14,17H,6-13H2,1-3H3,(H,27,28). The number of methoxy groups -OCH3 is 1. The number of carboxylic acids is 1. The Bertz CT molecular complexity index is 723. The molecule has 0 radical (unpaired) electrons. The van der Waals surface area contributed by atoms with Gasteiger partial charge in [0.2, 0.25) is 5.91 Å². The summed E-state index contributed by atoms with van der Waals surface area (Å²) in [6.45, 7) is 6.78. The number of hydrogen-bond acceptors (Lipinski definition) is 4. The van der Waals surface area contributed by atoms with Gasteiger partial charge in [-0.05, 0) is 50.4 Å². The molecule has 1 unspecified atom stereocenters. The van der Waals surface area contributed by atoms with Gasteiger partial charge < -0.3 is 19.6 Å². The van der Waals surface area contributed by atoms with E-state index in [4.69, 9.17) is 27.9 Å². The molecule has 1 aromatic rings. The Morgan fingerprint density at radius 3 is 2.45 bits per heavy atom. The SMILES string of the molecule is COCCN(C(C)=O)C1CCN(CCC(C)(C(=O)O)c2ccc(Cl)c(Cl)c2)CC1. The second-order valence-electron chi connectivity index (χ2n) is 7.79. The molecular formula is C21H30Cl2N2O4. The molecule has 1 fully saturated rings. The van der Waals surface area contributed by atoms with Crippen molar-refractivity contribution in [1.82, 2.24) is 9.80 Å². The van der Waals surface area contributed by atoms with Crippen molar-refractivity contribution < 1.29 is 19.4 Å². The molecule has 1 N–H and O–H groups in total. The average molecular weight is 445 g/mol. The summed E-state index contributed by atoms with van der Waals surface area (Å²) in [5, 5.41) is 10.7. The van der Waals surface area contributed by atoms with Crippen LogP contribution in [0.15, 0.2) is 18.2 Å². The summed E-state index contributed by atoms with van der Waals surface area (Å²) in [4.78, 5) is 28.2. The zero-order valence-electron chi connectivity index (χ0n) is 17.3. The molecular weight excluding hydrogens is 415 g/mol. The third-order valence-electron chi connectivity index (χ3n) is 5.90. The van der Waals surface area contributed by atoms with Crippen LogP contribution in [0.5, 0.6) is 0 Å². The molecule has 0 bridgehead atoms. The van der Waals surface area contributed by atoms with Crippen molar-refractivity contribution in [2.24, 2.45) is 0 Å². The molecule has 0 saturated carbocycles. The quantitative estimate of drug-likeness (QED) is 0.628. The summed E-state index contributed by atoms with van der Waals surface area (Å²) in [7, 11) is 1.63. The Hall–Kier alpha value is -1.34. The number of nitrogens with zero attached hydrogens (tertiary/aromatic N) is 2. The summed E-state index contributed by atoms with van der Waals surface area (Å²) in [6, 6.07) is 5.22. The zero-order valence-corrected chi connectivity index (χ0v) is 18.8. The van der Waals surface area contributed by atoms with Gasteiger partial charge >= 0.3 is 5.97 Å². The minimum atomic E-state index is -1.05. The maximum Gasteiger partial charge on any atom is 0.313 e. The lowest BCUT2D eigenvalue weighted by molar-refractivity contribution is -0.143. The van der Waals surface area contributed by atoms with Crippen LogP contribution in [0.1, 0.15) is 38.7 Å². The molecule has 1 aliphatic rings. The van der Waals surface area contributed by atoms with Gasteiger partial charge in [0, 0.05) is 39.7 Å². The van der Waals surface area contributed by atoms with E-state index in [0.717, 1.165) is 25.9 Å². The van der Waals surface area contributed by atoms with Crippen molar-refractivity contribution >= 4 is 35.1 Å². The number of hydrogen-bond donors (Lipinski definition) is 1. The lowest BCUT2D eigenvalue weighted by atomic mass is 9.79. The van der Waals surface area contributed by atoms with E-state index < -0.39 is 11.4 Å². The number of carbonyl (C=O) groups excluding carboxylic acids is 1. The van der Waals surface area contributed by atoms with Crippen LogP contribution in [0.3, 0.4) is 0 Å². The molecule has 1 aromatic carbocycles. The predicted molar refractivity (Wildman–Crippen MR) is 115 cm³/mol. The highest BCUT2D eigenvalue weighted by atomic mass is 35.5. The predicted octanol–water partition coefficient (Wildman–Crippen LogP) is 3.69. The van der Waals surface area contributed by atoms with Crippen molar-refractivity contribution in [3.63, 3.8) is 0 Å². The molecule has 1 aliphatic heterocycles. The van der Waals surface area contributed by atoms with Crippen LogP contribution in [0.25, 0.3) is 0 Å². The maximum atomic E-state index is 12.1. The van der Waals surface area contributed by atoms with E-state index in [1.807, 2.05) is 4.90 Å². The lowest BCUT2D eigenvalue weighted by Gasteiger charge is -2.39. The first-order chi connectivity index (χ1) is 13.7. The molecule has 6 nitrogen and oxygen atoms in total. The number of aliphatic carboxylic acids is 1. The summed E-state index contributed by atoms with van der Waals surface area (Å²) in [5.74, 6) is -0.813. The molecule has 162 valence electrons. The molecule has 29 heavy (non-hydrogen) atoms. The van der Waals surface area contributed by atoms with Crippen molar-refractivity contribution in [2.45, 2.75) is 44.6 Å². The second kappa shape index (κ2) is 10.6. The van der Waals surface area contributed by atoms with E-state index in [9.17, 15) is 14.7 Å². The summed E-state index contributed by atoms with van der Waals surface area (Å²) >= 11 is 12.1. The van der Waals surface area contributed by atoms with Gasteiger partial charge in [-0.2, -0.15) is 0 Å². The van der Waals surface area contributed by atoms with Crippen molar-refractivity contribution in [3.8, 4) is 0 Å². The molecule has 1 atom stereocenters. The topological polar surface area (TPSA) is 70.1 Å². The van der Waals surface area contributed by atoms with Gasteiger partial charge in [0.05, 0.1) is 22.1 Å². The van der Waals surface area contributed by atoms with E-state index >= 15 is 0 Å². The van der Waals surface area contributed by atoms with Gasteiger partial charge in [-0.25, -0.2) is 0 Å². The highest BCUT2D eigenvalue weighted by molar-refractivity contribution is 6.42. The molecule has 0 spiro atoms. The number of piperidine rings is 1. The van der Waals surface area contributed by atoms with Crippen molar-refractivity contribution in [2.75, 3.05) is 39.9 Å². The normalized spacial score (nSPS) is 17.7. The van der Waals surface area contributed by atoms with Crippen LogP contribution in [0.2, 0.25) is 10.0 Å². The molecule has 1 heterocycles. The monoisotopic (exact) mass is 444 g/mol. The third kappa shape index (κ3) is 6.07. The van der Waals surface area contributed by atoms with E-state index in [1.54, 1.807) is 39.2 Å². The van der Waals surface area contributed by atoms with Gasteiger partial charge in [-0.3, -0.25) is 9.59 Å². The fourth-order valence-corrected chi connectivity index (χ4v) is 4.14. The maximum absolute atomic E-state index is 12.1. The Balaban J connectivity index is 1.97. The minimum absolute atomic E-state index is 0.0681. The third-order valence-corrected chi connectivity index (χ3v) is 6.63. The Morgan fingerprint density at radius 2 is 1.93 bits per heavy atom. The molecule has 8 heteroatoms. The minimum Gasteiger partial charge on any atom is -0.481 e. The second-order valence-corrected chi connectivity index (χ2v) is 8.61. The number of halogens is 2. The first kappa shape index (κ1) is 23.9. The smallest absolute Gasteiger partial charge is 0.313 e. The van der Waals surface area contributed by atoms with E-state index in [-0.39, 0.29) is 11.9 Å². The average Bonchev–Trinajstić information content (AvgIpc) is 2.69. The number of benzene rings is 1. The van der Waals surface area contributed by atoms with E-state index in [1.165, 1.54) is 0 Å². The number of ether oxygens (including phenoxy) is 1.